The Hall–Kier alpha value is -2.27. The highest BCUT2D eigenvalue weighted by molar-refractivity contribution is 5.65. The van der Waals surface area contributed by atoms with Crippen molar-refractivity contribution in [2.75, 3.05) is 26.1 Å². The molecule has 2 aromatic rings. The first-order chi connectivity index (χ1) is 11.1. The first-order valence-electron chi connectivity index (χ1n) is 7.56. The molecule has 23 heavy (non-hydrogen) atoms. The zero-order valence-electron chi connectivity index (χ0n) is 13.0. The molecule has 2 aromatic carbocycles. The predicted octanol–water partition coefficient (Wildman–Crippen LogP) is 2.69. The summed E-state index contributed by atoms with van der Waals surface area (Å²) in [7, 11) is 3.18. The van der Waals surface area contributed by atoms with Crippen LogP contribution in [0.1, 0.15) is 22.6 Å². The summed E-state index contributed by atoms with van der Waals surface area (Å²) >= 11 is 0. The van der Waals surface area contributed by atoms with Crippen molar-refractivity contribution in [3.63, 3.8) is 0 Å². The van der Waals surface area contributed by atoms with E-state index < -0.39 is 5.60 Å². The smallest absolute Gasteiger partial charge is 0.161 e. The van der Waals surface area contributed by atoms with Crippen molar-refractivity contribution in [3.8, 4) is 11.5 Å². The molecule has 0 fully saturated rings. The van der Waals surface area contributed by atoms with E-state index in [1.54, 1.807) is 20.3 Å². The molecular weight excluding hydrogens is 297 g/mol. The maximum atomic E-state index is 13.8. The molecule has 0 spiro atoms. The lowest BCUT2D eigenvalue weighted by molar-refractivity contribution is 0.0453. The van der Waals surface area contributed by atoms with Crippen LogP contribution in [0, 0.1) is 5.82 Å². The van der Waals surface area contributed by atoms with Crippen molar-refractivity contribution in [1.82, 2.24) is 0 Å². The largest absolute Gasteiger partial charge is 0.493 e. The van der Waals surface area contributed by atoms with Crippen LogP contribution < -0.4 is 14.8 Å². The molecular formula is C18H18FNO3. The summed E-state index contributed by atoms with van der Waals surface area (Å²) in [4.78, 5) is 0. The maximum Gasteiger partial charge on any atom is 0.161 e. The second-order valence-electron chi connectivity index (χ2n) is 6.20. The van der Waals surface area contributed by atoms with Gasteiger partial charge >= 0.3 is 0 Å². The van der Waals surface area contributed by atoms with Gasteiger partial charge < -0.3 is 19.9 Å². The van der Waals surface area contributed by atoms with Gasteiger partial charge in [0, 0.05) is 24.6 Å². The van der Waals surface area contributed by atoms with E-state index in [1.165, 1.54) is 12.1 Å². The molecule has 2 atom stereocenters. The number of methoxy groups -OCH3 is 2. The average Bonchev–Trinajstić information content (AvgIpc) is 2.84. The Morgan fingerprint density at radius 1 is 1.13 bits per heavy atom. The fourth-order valence-corrected chi connectivity index (χ4v) is 3.88. The molecule has 0 aromatic heterocycles. The molecule has 2 N–H and O–H groups in total. The Morgan fingerprint density at radius 2 is 1.87 bits per heavy atom. The van der Waals surface area contributed by atoms with Crippen molar-refractivity contribution in [2.45, 2.75) is 17.9 Å². The van der Waals surface area contributed by atoms with Gasteiger partial charge in [0.2, 0.25) is 0 Å². The Morgan fingerprint density at radius 3 is 2.61 bits per heavy atom. The zero-order valence-corrected chi connectivity index (χ0v) is 13.0. The van der Waals surface area contributed by atoms with Crippen LogP contribution in [0.5, 0.6) is 11.5 Å². The molecule has 0 bridgehead atoms. The number of fused-ring (bicyclic) bond motifs is 5. The Balaban J connectivity index is 1.93. The van der Waals surface area contributed by atoms with Gasteiger partial charge in [-0.2, -0.15) is 0 Å². The molecule has 4 nitrogen and oxygen atoms in total. The van der Waals surface area contributed by atoms with Crippen LogP contribution in [0.15, 0.2) is 30.3 Å². The van der Waals surface area contributed by atoms with Crippen LogP contribution >= 0.6 is 0 Å². The van der Waals surface area contributed by atoms with Crippen molar-refractivity contribution < 1.29 is 19.0 Å². The van der Waals surface area contributed by atoms with E-state index in [0.29, 0.717) is 24.5 Å². The molecule has 2 aliphatic rings. The van der Waals surface area contributed by atoms with E-state index >= 15 is 0 Å². The molecule has 1 aliphatic heterocycles. The third-order valence-corrected chi connectivity index (χ3v) is 4.90. The second-order valence-corrected chi connectivity index (χ2v) is 6.20. The number of halogens is 1. The monoisotopic (exact) mass is 315 g/mol. The minimum Gasteiger partial charge on any atom is -0.493 e. The molecule has 120 valence electrons. The number of aliphatic hydroxyl groups is 1. The number of β-amino-alcohol motifs (C(OH)–C–C–N with tert-alkyl or cyclic N) is 1. The van der Waals surface area contributed by atoms with Gasteiger partial charge in [-0.1, -0.05) is 0 Å². The molecule has 4 rings (SSSR count). The Bertz CT molecular complexity index is 792. The van der Waals surface area contributed by atoms with E-state index in [4.69, 9.17) is 9.47 Å². The number of nitrogens with one attached hydrogen (secondary N) is 1. The van der Waals surface area contributed by atoms with Gasteiger partial charge in [0.15, 0.2) is 11.5 Å². The summed E-state index contributed by atoms with van der Waals surface area (Å²) in [5.41, 5.74) is 2.65. The van der Waals surface area contributed by atoms with Crippen molar-refractivity contribution in [3.05, 3.63) is 52.8 Å². The van der Waals surface area contributed by atoms with E-state index in [-0.39, 0.29) is 11.7 Å². The summed E-state index contributed by atoms with van der Waals surface area (Å²) in [6.07, 6.45) is 0.496. The number of benzene rings is 2. The third-order valence-electron chi connectivity index (χ3n) is 4.90. The summed E-state index contributed by atoms with van der Waals surface area (Å²) < 4.78 is 24.5. The standard InChI is InChI=1S/C18H18FNO3/c1-22-15-5-10-8-18(21)9-20-14-4-3-11(19)6-13(14)17(18)12(10)7-16(15)23-2/h3-7,17,20-21H,8-9H2,1-2H3/t17-,18-/m1/s1. The van der Waals surface area contributed by atoms with E-state index in [1.807, 2.05) is 12.1 Å². The summed E-state index contributed by atoms with van der Waals surface area (Å²) in [6.45, 7) is 0.426. The molecule has 0 saturated heterocycles. The highest BCUT2D eigenvalue weighted by Crippen LogP contribution is 2.52. The van der Waals surface area contributed by atoms with E-state index in [2.05, 4.69) is 5.32 Å². The van der Waals surface area contributed by atoms with Crippen molar-refractivity contribution >= 4 is 5.69 Å². The van der Waals surface area contributed by atoms with E-state index in [9.17, 15) is 9.50 Å². The van der Waals surface area contributed by atoms with Gasteiger partial charge in [-0.25, -0.2) is 4.39 Å². The van der Waals surface area contributed by atoms with Crippen LogP contribution in [0.25, 0.3) is 0 Å². The minimum atomic E-state index is -0.972. The zero-order chi connectivity index (χ0) is 16.2. The first-order valence-corrected chi connectivity index (χ1v) is 7.56. The Kier molecular flexibility index (Phi) is 3.03. The quantitative estimate of drug-likeness (QED) is 0.895. The molecule has 1 aliphatic carbocycles. The number of rotatable bonds is 2. The number of hydrogen-bond acceptors (Lipinski definition) is 4. The van der Waals surface area contributed by atoms with Crippen molar-refractivity contribution in [1.29, 1.82) is 0 Å². The van der Waals surface area contributed by atoms with E-state index in [0.717, 1.165) is 22.4 Å². The average molecular weight is 315 g/mol. The minimum absolute atomic E-state index is 0.274. The SMILES string of the molecule is COc1cc2c(cc1OC)[C@@H]1c3cc(F)ccc3NC[C@]1(O)C2. The third kappa shape index (κ3) is 2.00. The molecule has 0 radical (unpaired) electrons. The van der Waals surface area contributed by atoms with Gasteiger partial charge in [-0.05, 0) is 47.0 Å². The molecule has 0 amide bonds. The van der Waals surface area contributed by atoms with Gasteiger partial charge in [0.25, 0.3) is 0 Å². The van der Waals surface area contributed by atoms with Gasteiger partial charge in [0.05, 0.1) is 19.8 Å². The van der Waals surface area contributed by atoms with Crippen LogP contribution in [-0.2, 0) is 6.42 Å². The highest BCUT2D eigenvalue weighted by Gasteiger charge is 2.49. The predicted molar refractivity (Wildman–Crippen MR) is 84.9 cm³/mol. The molecule has 5 heteroatoms. The number of ether oxygens (including phenoxy) is 2. The molecule has 0 saturated carbocycles. The van der Waals surface area contributed by atoms with Crippen LogP contribution in [0.4, 0.5) is 10.1 Å². The number of anilines is 1. The lowest BCUT2D eigenvalue weighted by atomic mass is 9.79. The fourth-order valence-electron chi connectivity index (χ4n) is 3.88. The van der Waals surface area contributed by atoms with Gasteiger partial charge in [0.1, 0.15) is 5.82 Å². The normalized spacial score (nSPS) is 24.3. The van der Waals surface area contributed by atoms with Crippen LogP contribution in [-0.4, -0.2) is 31.5 Å². The maximum absolute atomic E-state index is 13.8. The summed E-state index contributed by atoms with van der Waals surface area (Å²) in [5.74, 6) is 0.681. The highest BCUT2D eigenvalue weighted by atomic mass is 19.1. The van der Waals surface area contributed by atoms with Crippen LogP contribution in [0.2, 0.25) is 0 Å². The summed E-state index contributed by atoms with van der Waals surface area (Å²) in [6, 6.07) is 8.47. The first kappa shape index (κ1) is 14.3. The summed E-state index contributed by atoms with van der Waals surface area (Å²) in [5, 5.41) is 14.3. The molecule has 1 heterocycles. The van der Waals surface area contributed by atoms with Gasteiger partial charge in [-0.3, -0.25) is 0 Å². The Labute approximate surface area is 133 Å². The molecule has 0 unspecified atom stereocenters. The van der Waals surface area contributed by atoms with Gasteiger partial charge in [-0.15, -0.1) is 0 Å². The van der Waals surface area contributed by atoms with Crippen LogP contribution in [0.3, 0.4) is 0 Å². The lowest BCUT2D eigenvalue weighted by Crippen LogP contribution is -2.45. The van der Waals surface area contributed by atoms with Crippen molar-refractivity contribution in [2.24, 2.45) is 0 Å². The second kappa shape index (κ2) is 4.86. The fraction of sp³-hybridized carbons (Fsp3) is 0.333. The lowest BCUT2D eigenvalue weighted by Gasteiger charge is -2.37. The topological polar surface area (TPSA) is 50.7 Å². The number of hydrogen-bond donors (Lipinski definition) is 2.